The minimum absolute atomic E-state index is 0.103. The van der Waals surface area contributed by atoms with Gasteiger partial charge in [0.15, 0.2) is 23.8 Å². The van der Waals surface area contributed by atoms with E-state index in [2.05, 4.69) is 37.1 Å². The van der Waals surface area contributed by atoms with E-state index in [1.54, 1.807) is 31.5 Å². The van der Waals surface area contributed by atoms with Crippen LogP contribution < -0.4 is 11.1 Å². The van der Waals surface area contributed by atoms with Crippen molar-refractivity contribution in [1.29, 1.82) is 0 Å². The van der Waals surface area contributed by atoms with E-state index in [-0.39, 0.29) is 22.8 Å². The molecule has 1 saturated heterocycles. The Bertz CT molecular complexity index is 1140. The normalized spacial score (nSPS) is 23.2. The molecule has 4 unspecified atom stereocenters. The molecule has 3 aromatic heterocycles. The van der Waals surface area contributed by atoms with Crippen molar-refractivity contribution in [1.82, 2.24) is 29.8 Å². The summed E-state index contributed by atoms with van der Waals surface area (Å²) >= 11 is 0. The van der Waals surface area contributed by atoms with Gasteiger partial charge < -0.3 is 26.0 Å². The Morgan fingerprint density at radius 2 is 2.03 bits per heavy atom. The second kappa shape index (κ2) is 8.03. The van der Waals surface area contributed by atoms with Gasteiger partial charge in [0.25, 0.3) is 5.91 Å². The summed E-state index contributed by atoms with van der Waals surface area (Å²) in [6, 6.07) is 3.48. The molecule has 1 aliphatic heterocycles. The lowest BCUT2D eigenvalue weighted by Crippen LogP contribution is -2.42. The zero-order chi connectivity index (χ0) is 21.3. The van der Waals surface area contributed by atoms with Gasteiger partial charge in [-0.05, 0) is 25.0 Å². The van der Waals surface area contributed by atoms with Gasteiger partial charge in [-0.25, -0.2) is 15.0 Å². The SMILES string of the molecule is CCNC(=O)C1OC(n2cnc3c(N)nc(C#Cc4ccncc4)nc32)C(O)C1O. The van der Waals surface area contributed by atoms with Crippen LogP contribution >= 0.6 is 0 Å². The maximum absolute atomic E-state index is 12.1. The minimum Gasteiger partial charge on any atom is -0.387 e. The van der Waals surface area contributed by atoms with Crippen molar-refractivity contribution < 1.29 is 19.7 Å². The number of ether oxygens (including phenoxy) is 1. The Morgan fingerprint density at radius 1 is 1.27 bits per heavy atom. The van der Waals surface area contributed by atoms with Gasteiger partial charge in [0.2, 0.25) is 5.82 Å². The molecular weight excluding hydrogens is 390 g/mol. The maximum atomic E-state index is 12.1. The number of aliphatic hydroxyl groups is 2. The number of aliphatic hydroxyl groups excluding tert-OH is 2. The highest BCUT2D eigenvalue weighted by Gasteiger charge is 2.47. The predicted octanol–water partition coefficient (Wildman–Crippen LogP) is -1.04. The fourth-order valence-corrected chi connectivity index (χ4v) is 3.12. The van der Waals surface area contributed by atoms with Gasteiger partial charge in [0, 0.05) is 24.5 Å². The number of nitrogens with zero attached hydrogens (tertiary/aromatic N) is 5. The molecule has 0 bridgehead atoms. The molecule has 154 valence electrons. The third-order valence-electron chi connectivity index (χ3n) is 4.57. The molecule has 4 atom stereocenters. The number of hydrogen-bond donors (Lipinski definition) is 4. The number of anilines is 1. The monoisotopic (exact) mass is 409 g/mol. The smallest absolute Gasteiger partial charge is 0.252 e. The van der Waals surface area contributed by atoms with Gasteiger partial charge in [-0.15, -0.1) is 0 Å². The summed E-state index contributed by atoms with van der Waals surface area (Å²) in [5.41, 5.74) is 7.27. The van der Waals surface area contributed by atoms with E-state index in [0.717, 1.165) is 5.56 Å². The molecule has 4 heterocycles. The number of carbonyl (C=O) groups is 1. The molecule has 11 nitrogen and oxygen atoms in total. The van der Waals surface area contributed by atoms with Gasteiger partial charge in [0.05, 0.1) is 6.33 Å². The lowest BCUT2D eigenvalue weighted by molar-refractivity contribution is -0.137. The fourth-order valence-electron chi connectivity index (χ4n) is 3.12. The molecule has 5 N–H and O–H groups in total. The van der Waals surface area contributed by atoms with Crippen LogP contribution in [0.15, 0.2) is 30.9 Å². The average molecular weight is 409 g/mol. The van der Waals surface area contributed by atoms with Crippen LogP contribution in [0.25, 0.3) is 11.2 Å². The number of aromatic nitrogens is 5. The highest BCUT2D eigenvalue weighted by atomic mass is 16.6. The summed E-state index contributed by atoms with van der Waals surface area (Å²) in [6.45, 7) is 2.11. The largest absolute Gasteiger partial charge is 0.387 e. The number of amides is 1. The molecule has 11 heteroatoms. The van der Waals surface area contributed by atoms with Gasteiger partial charge in [0.1, 0.15) is 17.7 Å². The molecule has 0 radical (unpaired) electrons. The first-order chi connectivity index (χ1) is 14.5. The van der Waals surface area contributed by atoms with Crippen LogP contribution in [0, 0.1) is 11.8 Å². The molecule has 4 rings (SSSR count). The first-order valence-electron chi connectivity index (χ1n) is 9.21. The molecule has 1 fully saturated rings. The summed E-state index contributed by atoms with van der Waals surface area (Å²) in [5, 5.41) is 23.3. The number of nitrogen functional groups attached to an aromatic ring is 1. The van der Waals surface area contributed by atoms with Gasteiger partial charge >= 0.3 is 0 Å². The third kappa shape index (κ3) is 3.55. The molecule has 30 heavy (non-hydrogen) atoms. The van der Waals surface area contributed by atoms with Crippen molar-refractivity contribution in [3.8, 4) is 11.8 Å². The number of carbonyl (C=O) groups excluding carboxylic acids is 1. The molecule has 0 saturated carbocycles. The molecule has 0 spiro atoms. The lowest BCUT2D eigenvalue weighted by atomic mass is 10.1. The number of fused-ring (bicyclic) bond motifs is 1. The van der Waals surface area contributed by atoms with E-state index in [0.29, 0.717) is 6.54 Å². The standard InChI is InChI=1S/C19H19N7O4/c1-2-22-18(29)15-13(27)14(28)19(30-15)26-9-23-12-16(20)24-11(25-17(12)26)4-3-10-5-7-21-8-6-10/h5-9,13-15,19,27-28H,2H2,1H3,(H,22,29)(H2,20,24,25). The lowest BCUT2D eigenvalue weighted by Gasteiger charge is -2.16. The number of nitrogens with one attached hydrogen (secondary N) is 1. The minimum atomic E-state index is -1.41. The summed E-state index contributed by atoms with van der Waals surface area (Å²) in [4.78, 5) is 28.7. The summed E-state index contributed by atoms with van der Waals surface area (Å²) in [7, 11) is 0. The van der Waals surface area contributed by atoms with E-state index in [9.17, 15) is 15.0 Å². The first kappa shape index (κ1) is 19.7. The van der Waals surface area contributed by atoms with Crippen molar-refractivity contribution in [2.75, 3.05) is 12.3 Å². The van der Waals surface area contributed by atoms with Crippen molar-refractivity contribution in [2.24, 2.45) is 0 Å². The summed E-state index contributed by atoms with van der Waals surface area (Å²) in [5.74, 6) is 5.47. The number of imidazole rings is 1. The van der Waals surface area contributed by atoms with Crippen LogP contribution in [0.4, 0.5) is 5.82 Å². The van der Waals surface area contributed by atoms with Crippen molar-refractivity contribution in [3.63, 3.8) is 0 Å². The average Bonchev–Trinajstić information content (AvgIpc) is 3.29. The molecular formula is C19H19N7O4. The van der Waals surface area contributed by atoms with E-state index < -0.39 is 30.4 Å². The topological polar surface area (TPSA) is 161 Å². The number of hydrogen-bond acceptors (Lipinski definition) is 9. The molecule has 1 amide bonds. The molecule has 1 aliphatic rings. The Morgan fingerprint density at radius 3 is 2.77 bits per heavy atom. The second-order valence-electron chi connectivity index (χ2n) is 6.57. The van der Waals surface area contributed by atoms with Crippen molar-refractivity contribution in [3.05, 3.63) is 42.2 Å². The van der Waals surface area contributed by atoms with E-state index >= 15 is 0 Å². The number of rotatable bonds is 3. The van der Waals surface area contributed by atoms with Crippen LogP contribution in [-0.2, 0) is 9.53 Å². The Labute approximate surface area is 170 Å². The van der Waals surface area contributed by atoms with E-state index in [1.165, 1.54) is 10.9 Å². The van der Waals surface area contributed by atoms with Crippen LogP contribution in [0.2, 0.25) is 0 Å². The van der Waals surface area contributed by atoms with Crippen LogP contribution in [0.5, 0.6) is 0 Å². The second-order valence-corrected chi connectivity index (χ2v) is 6.57. The van der Waals surface area contributed by atoms with E-state index in [4.69, 9.17) is 10.5 Å². The number of pyridine rings is 1. The van der Waals surface area contributed by atoms with Gasteiger partial charge in [-0.1, -0.05) is 5.92 Å². The van der Waals surface area contributed by atoms with Crippen LogP contribution in [0.3, 0.4) is 0 Å². The van der Waals surface area contributed by atoms with E-state index in [1.807, 2.05) is 0 Å². The molecule has 0 aliphatic carbocycles. The number of likely N-dealkylation sites (N-methyl/N-ethyl adjacent to an activating group) is 1. The zero-order valence-corrected chi connectivity index (χ0v) is 15.9. The maximum Gasteiger partial charge on any atom is 0.252 e. The Hall–Kier alpha value is -3.59. The van der Waals surface area contributed by atoms with Crippen LogP contribution in [-0.4, -0.2) is 65.5 Å². The predicted molar refractivity (Wildman–Crippen MR) is 105 cm³/mol. The molecule has 3 aromatic rings. The third-order valence-corrected chi connectivity index (χ3v) is 4.57. The van der Waals surface area contributed by atoms with Crippen LogP contribution in [0.1, 0.15) is 24.5 Å². The number of nitrogens with two attached hydrogens (primary N) is 1. The highest BCUT2D eigenvalue weighted by Crippen LogP contribution is 2.32. The quantitative estimate of drug-likeness (QED) is 0.396. The van der Waals surface area contributed by atoms with Crippen molar-refractivity contribution >= 4 is 22.9 Å². The Balaban J connectivity index is 1.70. The summed E-state index contributed by atoms with van der Waals surface area (Å²) < 4.78 is 7.03. The summed E-state index contributed by atoms with van der Waals surface area (Å²) in [6.07, 6.45) is -0.516. The highest BCUT2D eigenvalue weighted by molar-refractivity contribution is 5.83. The molecule has 0 aromatic carbocycles. The first-order valence-corrected chi connectivity index (χ1v) is 9.21. The van der Waals surface area contributed by atoms with Gasteiger partial charge in [-0.2, -0.15) is 0 Å². The van der Waals surface area contributed by atoms with Gasteiger partial charge in [-0.3, -0.25) is 14.3 Å². The zero-order valence-electron chi connectivity index (χ0n) is 15.9. The Kier molecular flexibility index (Phi) is 5.28. The fraction of sp³-hybridized carbons (Fsp3) is 0.316. The van der Waals surface area contributed by atoms with Crippen molar-refractivity contribution in [2.45, 2.75) is 31.5 Å².